The molecular weight excluding hydrogens is 218 g/mol. The smallest absolute Gasteiger partial charge is 0.0954 e. The zero-order valence-corrected chi connectivity index (χ0v) is 11.0. The predicted molar refractivity (Wildman–Crippen MR) is 67.7 cm³/mol. The van der Waals surface area contributed by atoms with Crippen molar-refractivity contribution in [1.82, 2.24) is 4.98 Å². The van der Waals surface area contributed by atoms with Crippen LogP contribution in [-0.4, -0.2) is 16.2 Å². The van der Waals surface area contributed by atoms with Crippen LogP contribution in [0.15, 0.2) is 5.38 Å². The van der Waals surface area contributed by atoms with Crippen LogP contribution in [0.4, 0.5) is 0 Å². The highest BCUT2D eigenvalue weighted by atomic mass is 32.1. The topological polar surface area (TPSA) is 33.1 Å². The van der Waals surface area contributed by atoms with Gasteiger partial charge in [0.05, 0.1) is 11.1 Å². The molecule has 0 aliphatic heterocycles. The van der Waals surface area contributed by atoms with E-state index in [-0.39, 0.29) is 6.10 Å². The van der Waals surface area contributed by atoms with E-state index < -0.39 is 0 Å². The number of aromatic nitrogens is 1. The standard InChI is InChI=1S/C13H21NOS/c1-9-3-5-11(6-4-9)12(15)7-13-14-10(2)8-16-13/h8-9,11-12,15H,3-7H2,1-2H3. The van der Waals surface area contributed by atoms with E-state index in [0.29, 0.717) is 5.92 Å². The normalized spacial score (nSPS) is 27.9. The lowest BCUT2D eigenvalue weighted by Gasteiger charge is -2.29. The fourth-order valence-electron chi connectivity index (χ4n) is 2.51. The second kappa shape index (κ2) is 5.28. The summed E-state index contributed by atoms with van der Waals surface area (Å²) in [6, 6.07) is 0. The molecule has 0 radical (unpaired) electrons. The molecule has 2 nitrogen and oxygen atoms in total. The summed E-state index contributed by atoms with van der Waals surface area (Å²) in [4.78, 5) is 4.42. The van der Waals surface area contributed by atoms with Crippen molar-refractivity contribution in [2.24, 2.45) is 11.8 Å². The molecule has 1 heterocycles. The maximum atomic E-state index is 10.2. The van der Waals surface area contributed by atoms with Crippen molar-refractivity contribution < 1.29 is 5.11 Å². The number of thiazole rings is 1. The Morgan fingerprint density at radius 3 is 2.69 bits per heavy atom. The van der Waals surface area contributed by atoms with Gasteiger partial charge in [-0.05, 0) is 31.6 Å². The quantitative estimate of drug-likeness (QED) is 0.879. The van der Waals surface area contributed by atoms with Crippen molar-refractivity contribution in [3.05, 3.63) is 16.1 Å². The molecule has 1 saturated carbocycles. The first kappa shape index (κ1) is 12.1. The van der Waals surface area contributed by atoms with Crippen molar-refractivity contribution >= 4 is 11.3 Å². The van der Waals surface area contributed by atoms with Crippen molar-refractivity contribution in [3.8, 4) is 0 Å². The molecule has 0 amide bonds. The second-order valence-corrected chi connectivity index (χ2v) is 6.12. The summed E-state index contributed by atoms with van der Waals surface area (Å²) >= 11 is 1.67. The van der Waals surface area contributed by atoms with E-state index in [1.165, 1.54) is 25.7 Å². The van der Waals surface area contributed by atoms with Crippen molar-refractivity contribution in [3.63, 3.8) is 0 Å². The Morgan fingerprint density at radius 1 is 1.44 bits per heavy atom. The van der Waals surface area contributed by atoms with Crippen LogP contribution in [0.1, 0.15) is 43.3 Å². The molecule has 1 N–H and O–H groups in total. The molecule has 0 saturated heterocycles. The maximum Gasteiger partial charge on any atom is 0.0954 e. The number of nitrogens with zero attached hydrogens (tertiary/aromatic N) is 1. The van der Waals surface area contributed by atoms with E-state index in [2.05, 4.69) is 17.3 Å². The van der Waals surface area contributed by atoms with E-state index in [1.807, 2.05) is 6.92 Å². The molecule has 1 aliphatic rings. The third-order valence-electron chi connectivity index (χ3n) is 3.65. The summed E-state index contributed by atoms with van der Waals surface area (Å²) in [5, 5.41) is 13.3. The van der Waals surface area contributed by atoms with E-state index >= 15 is 0 Å². The molecule has 3 heteroatoms. The second-order valence-electron chi connectivity index (χ2n) is 5.17. The highest BCUT2D eigenvalue weighted by molar-refractivity contribution is 7.09. The summed E-state index contributed by atoms with van der Waals surface area (Å²) in [7, 11) is 0. The van der Waals surface area contributed by atoms with Crippen molar-refractivity contribution in [1.29, 1.82) is 0 Å². The van der Waals surface area contributed by atoms with Gasteiger partial charge in [-0.2, -0.15) is 0 Å². The Balaban J connectivity index is 1.85. The fraction of sp³-hybridized carbons (Fsp3) is 0.769. The monoisotopic (exact) mass is 239 g/mol. The lowest BCUT2D eigenvalue weighted by molar-refractivity contribution is 0.0760. The van der Waals surface area contributed by atoms with Crippen LogP contribution < -0.4 is 0 Å². The average molecular weight is 239 g/mol. The molecule has 0 bridgehead atoms. The SMILES string of the molecule is Cc1csc(CC(O)C2CCC(C)CC2)n1. The van der Waals surface area contributed by atoms with Gasteiger partial charge in [-0.3, -0.25) is 0 Å². The zero-order valence-electron chi connectivity index (χ0n) is 10.1. The summed E-state index contributed by atoms with van der Waals surface area (Å²) < 4.78 is 0. The molecule has 16 heavy (non-hydrogen) atoms. The van der Waals surface area contributed by atoms with Gasteiger partial charge in [0.1, 0.15) is 0 Å². The van der Waals surface area contributed by atoms with Crippen LogP contribution in [0.3, 0.4) is 0 Å². The van der Waals surface area contributed by atoms with Gasteiger partial charge < -0.3 is 5.11 Å². The van der Waals surface area contributed by atoms with E-state index in [0.717, 1.165) is 23.0 Å². The van der Waals surface area contributed by atoms with Crippen LogP contribution in [0.25, 0.3) is 0 Å². The van der Waals surface area contributed by atoms with Gasteiger partial charge in [-0.1, -0.05) is 19.8 Å². The lowest BCUT2D eigenvalue weighted by Crippen LogP contribution is -2.26. The summed E-state index contributed by atoms with van der Waals surface area (Å²) in [6.07, 6.45) is 5.49. The highest BCUT2D eigenvalue weighted by Gasteiger charge is 2.25. The fourth-order valence-corrected chi connectivity index (χ4v) is 3.34. The Labute approximate surface area is 102 Å². The van der Waals surface area contributed by atoms with E-state index in [9.17, 15) is 5.11 Å². The minimum Gasteiger partial charge on any atom is -0.392 e. The highest BCUT2D eigenvalue weighted by Crippen LogP contribution is 2.31. The first-order valence-corrected chi connectivity index (χ1v) is 7.12. The first-order chi connectivity index (χ1) is 7.65. The number of hydrogen-bond acceptors (Lipinski definition) is 3. The molecule has 1 aliphatic carbocycles. The molecule has 0 spiro atoms. The third kappa shape index (κ3) is 3.05. The lowest BCUT2D eigenvalue weighted by atomic mass is 9.79. The van der Waals surface area contributed by atoms with Crippen LogP contribution in [0, 0.1) is 18.8 Å². The van der Waals surface area contributed by atoms with Gasteiger partial charge in [0.25, 0.3) is 0 Å². The van der Waals surface area contributed by atoms with E-state index in [4.69, 9.17) is 0 Å². The summed E-state index contributed by atoms with van der Waals surface area (Å²) in [5.41, 5.74) is 1.07. The molecule has 0 aromatic carbocycles. The van der Waals surface area contributed by atoms with Gasteiger partial charge in [0, 0.05) is 17.5 Å². The van der Waals surface area contributed by atoms with Gasteiger partial charge in [0.15, 0.2) is 0 Å². The molecule has 2 rings (SSSR count). The van der Waals surface area contributed by atoms with Gasteiger partial charge in [0.2, 0.25) is 0 Å². The number of aliphatic hydroxyl groups excluding tert-OH is 1. The Morgan fingerprint density at radius 2 is 2.12 bits per heavy atom. The largest absolute Gasteiger partial charge is 0.392 e. The summed E-state index contributed by atoms with van der Waals surface area (Å²) in [6.45, 7) is 4.32. The first-order valence-electron chi connectivity index (χ1n) is 6.24. The van der Waals surface area contributed by atoms with Crippen LogP contribution in [0.5, 0.6) is 0 Å². The Bertz CT molecular complexity index is 328. The molecule has 1 atom stereocenters. The zero-order chi connectivity index (χ0) is 11.5. The molecular formula is C13H21NOS. The van der Waals surface area contributed by atoms with Crippen LogP contribution in [0.2, 0.25) is 0 Å². The Hall–Kier alpha value is -0.410. The van der Waals surface area contributed by atoms with Crippen molar-refractivity contribution in [2.45, 2.75) is 52.1 Å². The molecule has 90 valence electrons. The molecule has 1 aromatic rings. The maximum absolute atomic E-state index is 10.2. The number of rotatable bonds is 3. The molecule has 1 fully saturated rings. The van der Waals surface area contributed by atoms with Gasteiger partial charge >= 0.3 is 0 Å². The number of aliphatic hydroxyl groups is 1. The Kier molecular flexibility index (Phi) is 3.98. The third-order valence-corrected chi connectivity index (χ3v) is 4.64. The minimum absolute atomic E-state index is 0.182. The number of hydrogen-bond donors (Lipinski definition) is 1. The van der Waals surface area contributed by atoms with Crippen molar-refractivity contribution in [2.75, 3.05) is 0 Å². The van der Waals surface area contributed by atoms with E-state index in [1.54, 1.807) is 11.3 Å². The minimum atomic E-state index is -0.182. The van der Waals surface area contributed by atoms with Crippen LogP contribution in [-0.2, 0) is 6.42 Å². The average Bonchev–Trinajstić information content (AvgIpc) is 2.65. The van der Waals surface area contributed by atoms with Crippen LogP contribution >= 0.6 is 11.3 Å². The predicted octanol–water partition coefficient (Wildman–Crippen LogP) is 3.18. The summed E-state index contributed by atoms with van der Waals surface area (Å²) in [5.74, 6) is 1.35. The molecule has 1 aromatic heterocycles. The van der Waals surface area contributed by atoms with Gasteiger partial charge in [-0.25, -0.2) is 4.98 Å². The molecule has 1 unspecified atom stereocenters. The number of aryl methyl sites for hydroxylation is 1. The van der Waals surface area contributed by atoms with Gasteiger partial charge in [-0.15, -0.1) is 11.3 Å².